The quantitative estimate of drug-likeness (QED) is 0.473. The van der Waals surface area contributed by atoms with E-state index in [0.717, 1.165) is 0 Å². The van der Waals surface area contributed by atoms with Crippen LogP contribution in [-0.2, 0) is 9.59 Å². The molecule has 0 fully saturated rings. The first-order chi connectivity index (χ1) is 3.63. The van der Waals surface area contributed by atoms with Gasteiger partial charge in [0.1, 0.15) is 0 Å². The van der Waals surface area contributed by atoms with Gasteiger partial charge in [-0.05, 0) is 0 Å². The van der Waals surface area contributed by atoms with E-state index in [2.05, 4.69) is 0 Å². The fourth-order valence-corrected chi connectivity index (χ4v) is 0.214. The summed E-state index contributed by atoms with van der Waals surface area (Å²) in [5.74, 6) is -2.15. The molecule has 0 unspecified atom stereocenters. The average molecular weight is 154 g/mol. The highest BCUT2D eigenvalue weighted by Gasteiger charge is 2.00. The zero-order valence-corrected chi connectivity index (χ0v) is 6.13. The van der Waals surface area contributed by atoms with Crippen molar-refractivity contribution in [2.45, 2.75) is 12.8 Å². The van der Waals surface area contributed by atoms with Gasteiger partial charge >= 0.3 is 11.9 Å². The Bertz CT molecular complexity index is 99.8. The fraction of sp³-hybridized carbons (Fsp3) is 0.500. The molecule has 0 rings (SSSR count). The third-order valence-corrected chi connectivity index (χ3v) is 0.553. The van der Waals surface area contributed by atoms with Crippen molar-refractivity contribution in [1.29, 1.82) is 0 Å². The van der Waals surface area contributed by atoms with Gasteiger partial charge in [0.15, 0.2) is 0 Å². The van der Waals surface area contributed by atoms with Crippen molar-refractivity contribution in [3.05, 3.63) is 0 Å². The minimum absolute atomic E-state index is 0. The van der Waals surface area contributed by atoms with Crippen molar-refractivity contribution in [2.75, 3.05) is 0 Å². The summed E-state index contributed by atoms with van der Waals surface area (Å²) in [6.07, 6.45) is -0.593. The van der Waals surface area contributed by atoms with E-state index in [1.54, 1.807) is 0 Å². The maximum atomic E-state index is 9.64. The van der Waals surface area contributed by atoms with Crippen LogP contribution in [0.4, 0.5) is 0 Å². The Morgan fingerprint density at radius 2 is 1.10 bits per heavy atom. The van der Waals surface area contributed by atoms with Gasteiger partial charge in [-0.1, -0.05) is 0 Å². The summed E-state index contributed by atoms with van der Waals surface area (Å²) in [6.45, 7) is 0. The number of carboxylic acid groups (broad SMARTS) is 2. The fourth-order valence-electron chi connectivity index (χ4n) is 0.214. The first kappa shape index (κ1) is 15.9. The predicted molar refractivity (Wildman–Crippen MR) is 36.5 cm³/mol. The number of aliphatic carboxylic acids is 2. The van der Waals surface area contributed by atoms with Crippen LogP contribution in [0, 0.1) is 0 Å². The molecule has 0 saturated heterocycles. The lowest BCUT2D eigenvalue weighted by atomic mass is 10.3. The number of hydrogen-bond donors (Lipinski definition) is 4. The zero-order chi connectivity index (χ0) is 6.57. The van der Waals surface area contributed by atoms with Crippen molar-refractivity contribution in [1.82, 2.24) is 12.3 Å². The number of quaternary nitrogens is 2. The Kier molecular flexibility index (Phi) is 12.5. The summed E-state index contributed by atoms with van der Waals surface area (Å²) >= 11 is 0. The topological polar surface area (TPSA) is 148 Å². The lowest BCUT2D eigenvalue weighted by Crippen LogP contribution is -2.00. The maximum absolute atomic E-state index is 9.64. The van der Waals surface area contributed by atoms with Crippen molar-refractivity contribution in [2.24, 2.45) is 0 Å². The monoisotopic (exact) mass is 154 g/mol. The van der Waals surface area contributed by atoms with Gasteiger partial charge in [-0.2, -0.15) is 0 Å². The molecule has 0 spiro atoms. The minimum atomic E-state index is -1.08. The molecule has 10 N–H and O–H groups in total. The van der Waals surface area contributed by atoms with Crippen LogP contribution in [0.25, 0.3) is 0 Å². The maximum Gasteiger partial charge on any atom is 0.303 e. The number of carbonyl (C=O) groups is 2. The first-order valence-corrected chi connectivity index (χ1v) is 2.06. The molecular weight excluding hydrogens is 140 g/mol. The molecule has 10 heavy (non-hydrogen) atoms. The van der Waals surface area contributed by atoms with Crippen molar-refractivity contribution in [3.63, 3.8) is 0 Å². The molecule has 0 aliphatic rings. The van der Waals surface area contributed by atoms with Gasteiger partial charge in [-0.15, -0.1) is 0 Å². The van der Waals surface area contributed by atoms with Gasteiger partial charge in [0.2, 0.25) is 0 Å². The molecule has 0 bridgehead atoms. The third-order valence-electron chi connectivity index (χ3n) is 0.553. The number of hydrogen-bond acceptors (Lipinski definition) is 2. The van der Waals surface area contributed by atoms with E-state index < -0.39 is 11.9 Å². The van der Waals surface area contributed by atoms with Crippen LogP contribution in [0.3, 0.4) is 0 Å². The summed E-state index contributed by atoms with van der Waals surface area (Å²) in [5, 5.41) is 15.8. The van der Waals surface area contributed by atoms with Crippen LogP contribution in [-0.4, -0.2) is 22.2 Å². The van der Waals surface area contributed by atoms with E-state index in [0.29, 0.717) is 0 Å². The van der Waals surface area contributed by atoms with Crippen molar-refractivity contribution >= 4 is 11.9 Å². The van der Waals surface area contributed by atoms with Crippen LogP contribution in [0.2, 0.25) is 0 Å². The molecular formula is C4H14N2O4+2. The van der Waals surface area contributed by atoms with E-state index in [1.165, 1.54) is 0 Å². The smallest absolute Gasteiger partial charge is 0.303 e. The van der Waals surface area contributed by atoms with E-state index >= 15 is 0 Å². The predicted octanol–water partition coefficient (Wildman–Crippen LogP) is 0.688. The molecule has 0 amide bonds. The van der Waals surface area contributed by atoms with Crippen molar-refractivity contribution in [3.8, 4) is 0 Å². The standard InChI is InChI=1S/C4H6O4.2H3N/c5-3(6)1-2-4(7)8;;/h1-2H2,(H,5,6)(H,7,8);2*1H3/p+2. The van der Waals surface area contributed by atoms with Crippen LogP contribution in [0.1, 0.15) is 12.8 Å². The lowest BCUT2D eigenvalue weighted by Gasteiger charge is -1.85. The Balaban J connectivity index is -0.000000245. The Morgan fingerprint density at radius 1 is 0.900 bits per heavy atom. The van der Waals surface area contributed by atoms with Gasteiger partial charge in [-0.25, -0.2) is 0 Å². The normalized spacial score (nSPS) is 6.80. The summed E-state index contributed by atoms with van der Waals surface area (Å²) in [6, 6.07) is 0. The zero-order valence-electron chi connectivity index (χ0n) is 6.13. The molecule has 6 nitrogen and oxygen atoms in total. The molecule has 62 valence electrons. The van der Waals surface area contributed by atoms with Crippen molar-refractivity contribution < 1.29 is 19.8 Å². The van der Waals surface area contributed by atoms with Gasteiger partial charge in [-0.3, -0.25) is 9.59 Å². The molecule has 0 aliphatic carbocycles. The largest absolute Gasteiger partial charge is 0.481 e. The summed E-state index contributed by atoms with van der Waals surface area (Å²) < 4.78 is 0. The highest BCUT2D eigenvalue weighted by Crippen LogP contribution is 1.85. The number of rotatable bonds is 3. The SMILES string of the molecule is O=C(O)CCC(=O)O.[NH4+].[NH4+]. The van der Waals surface area contributed by atoms with E-state index in [1.807, 2.05) is 0 Å². The first-order valence-electron chi connectivity index (χ1n) is 2.06. The lowest BCUT2D eigenvalue weighted by molar-refractivity contribution is -0.143. The molecule has 0 radical (unpaired) electrons. The van der Waals surface area contributed by atoms with Gasteiger partial charge in [0, 0.05) is 0 Å². The second-order valence-electron chi connectivity index (χ2n) is 1.29. The van der Waals surface area contributed by atoms with Crippen LogP contribution in [0.15, 0.2) is 0 Å². The van der Waals surface area contributed by atoms with Gasteiger partial charge in [0.05, 0.1) is 12.8 Å². The van der Waals surface area contributed by atoms with Crippen LogP contribution >= 0.6 is 0 Å². The molecule has 0 aromatic carbocycles. The molecule has 0 aromatic heterocycles. The molecule has 0 atom stereocenters. The van der Waals surface area contributed by atoms with E-state index in [-0.39, 0.29) is 25.1 Å². The van der Waals surface area contributed by atoms with E-state index in [4.69, 9.17) is 10.2 Å². The van der Waals surface area contributed by atoms with Crippen LogP contribution < -0.4 is 12.3 Å². The number of carboxylic acids is 2. The third kappa shape index (κ3) is 15.8. The second kappa shape index (κ2) is 7.86. The Labute approximate surface area is 58.0 Å². The second-order valence-corrected chi connectivity index (χ2v) is 1.29. The summed E-state index contributed by atoms with van der Waals surface area (Å²) in [5.41, 5.74) is 0. The molecule has 0 saturated carbocycles. The highest BCUT2D eigenvalue weighted by molar-refractivity contribution is 5.75. The Morgan fingerprint density at radius 3 is 1.20 bits per heavy atom. The summed E-state index contributed by atoms with van der Waals surface area (Å²) in [7, 11) is 0. The van der Waals surface area contributed by atoms with Gasteiger partial charge < -0.3 is 22.5 Å². The van der Waals surface area contributed by atoms with Gasteiger partial charge in [0.25, 0.3) is 0 Å². The van der Waals surface area contributed by atoms with E-state index in [9.17, 15) is 9.59 Å². The summed E-state index contributed by atoms with van der Waals surface area (Å²) in [4.78, 5) is 19.3. The molecule has 0 aliphatic heterocycles. The molecule has 0 heterocycles. The molecule has 6 heteroatoms. The minimum Gasteiger partial charge on any atom is -0.481 e. The molecule has 0 aromatic rings. The van der Waals surface area contributed by atoms with Crippen LogP contribution in [0.5, 0.6) is 0 Å². The Hall–Kier alpha value is -1.14. The highest BCUT2D eigenvalue weighted by atomic mass is 16.4. The average Bonchev–Trinajstić information content (AvgIpc) is 1.61.